The summed E-state index contributed by atoms with van der Waals surface area (Å²) in [6.45, 7) is 4.31. The number of anilines is 2. The highest BCUT2D eigenvalue weighted by Crippen LogP contribution is 2.20. The van der Waals surface area contributed by atoms with Crippen molar-refractivity contribution in [2.45, 2.75) is 32.2 Å². The van der Waals surface area contributed by atoms with Crippen molar-refractivity contribution in [1.29, 1.82) is 0 Å². The molecule has 0 aliphatic heterocycles. The molecule has 0 saturated carbocycles. The van der Waals surface area contributed by atoms with Gasteiger partial charge in [-0.05, 0) is 19.8 Å². The van der Waals surface area contributed by atoms with E-state index in [-0.39, 0.29) is 12.1 Å². The van der Waals surface area contributed by atoms with Crippen LogP contribution in [0.5, 0.6) is 0 Å². The van der Waals surface area contributed by atoms with Gasteiger partial charge in [-0.3, -0.25) is 4.98 Å². The number of aliphatic hydroxyl groups excluding tert-OH is 1. The number of nitrogens with zero attached hydrogens (tertiary/aromatic N) is 2. The van der Waals surface area contributed by atoms with E-state index in [9.17, 15) is 0 Å². The molecule has 0 spiro atoms. The Kier molecular flexibility index (Phi) is 4.49. The Bertz CT molecular complexity index is 332. The number of aliphatic hydroxyl groups is 1. The van der Waals surface area contributed by atoms with Crippen molar-refractivity contribution in [2.75, 3.05) is 24.3 Å². The third-order valence-electron chi connectivity index (χ3n) is 2.76. The summed E-state index contributed by atoms with van der Waals surface area (Å²) < 4.78 is 0. The smallest absolute Gasteiger partial charge is 0.147 e. The van der Waals surface area contributed by atoms with E-state index in [1.54, 1.807) is 19.4 Å². The van der Waals surface area contributed by atoms with Gasteiger partial charge >= 0.3 is 0 Å². The Morgan fingerprint density at radius 2 is 2.06 bits per heavy atom. The largest absolute Gasteiger partial charge is 0.396 e. The molecule has 1 aromatic heterocycles. The van der Waals surface area contributed by atoms with Crippen LogP contribution in [0.4, 0.5) is 11.6 Å². The third-order valence-corrected chi connectivity index (χ3v) is 2.76. The number of hydrogen-bond acceptors (Lipinski definition) is 5. The van der Waals surface area contributed by atoms with Gasteiger partial charge in [0.1, 0.15) is 11.6 Å². The zero-order valence-corrected chi connectivity index (χ0v) is 10.1. The highest BCUT2D eigenvalue weighted by atomic mass is 16.3. The molecular weight excluding hydrogens is 204 g/mol. The molecule has 1 heterocycles. The molecule has 0 aromatic carbocycles. The Morgan fingerprint density at radius 1 is 1.38 bits per heavy atom. The van der Waals surface area contributed by atoms with Crippen LogP contribution in [0.1, 0.15) is 26.7 Å². The van der Waals surface area contributed by atoms with Gasteiger partial charge in [0.05, 0.1) is 12.4 Å². The van der Waals surface area contributed by atoms with E-state index in [0.29, 0.717) is 6.42 Å². The molecule has 0 bridgehead atoms. The lowest BCUT2D eigenvalue weighted by Crippen LogP contribution is -2.35. The first-order chi connectivity index (χ1) is 7.63. The van der Waals surface area contributed by atoms with Gasteiger partial charge in [-0.1, -0.05) is 6.92 Å². The number of hydrogen-bond donors (Lipinski definition) is 3. The van der Waals surface area contributed by atoms with Gasteiger partial charge in [-0.25, -0.2) is 4.98 Å². The van der Waals surface area contributed by atoms with Gasteiger partial charge in [0.15, 0.2) is 0 Å². The Hall–Kier alpha value is -1.36. The normalized spacial score (nSPS) is 14.2. The lowest BCUT2D eigenvalue weighted by Gasteiger charge is -2.29. The van der Waals surface area contributed by atoms with Gasteiger partial charge in [0.25, 0.3) is 0 Å². The van der Waals surface area contributed by atoms with Crippen LogP contribution in [0.2, 0.25) is 0 Å². The fourth-order valence-corrected chi connectivity index (χ4v) is 1.43. The van der Waals surface area contributed by atoms with Crippen molar-refractivity contribution in [3.05, 3.63) is 12.4 Å². The van der Waals surface area contributed by atoms with Gasteiger partial charge in [0.2, 0.25) is 0 Å². The maximum absolute atomic E-state index is 9.02. The van der Waals surface area contributed by atoms with Crippen molar-refractivity contribution in [1.82, 2.24) is 9.97 Å². The second-order valence-corrected chi connectivity index (χ2v) is 4.05. The molecule has 1 atom stereocenters. The quantitative estimate of drug-likeness (QED) is 0.683. The lowest BCUT2D eigenvalue weighted by atomic mass is 9.95. The van der Waals surface area contributed by atoms with Crippen LogP contribution in [0, 0.1) is 0 Å². The van der Waals surface area contributed by atoms with Crippen LogP contribution in [0.3, 0.4) is 0 Å². The second kappa shape index (κ2) is 5.65. The first-order valence-corrected chi connectivity index (χ1v) is 5.52. The van der Waals surface area contributed by atoms with Crippen LogP contribution in [0.25, 0.3) is 0 Å². The molecule has 0 aliphatic carbocycles. The van der Waals surface area contributed by atoms with Crippen LogP contribution < -0.4 is 10.6 Å². The average Bonchev–Trinajstić information content (AvgIpc) is 2.29. The fraction of sp³-hybridized carbons (Fsp3) is 0.636. The molecule has 0 aliphatic rings. The molecule has 16 heavy (non-hydrogen) atoms. The van der Waals surface area contributed by atoms with Gasteiger partial charge in [-0.2, -0.15) is 0 Å². The van der Waals surface area contributed by atoms with Crippen LogP contribution in [-0.2, 0) is 0 Å². The molecule has 0 fully saturated rings. The first-order valence-electron chi connectivity index (χ1n) is 5.52. The van der Waals surface area contributed by atoms with Gasteiger partial charge in [-0.15, -0.1) is 0 Å². The van der Waals surface area contributed by atoms with E-state index in [1.807, 2.05) is 0 Å². The van der Waals surface area contributed by atoms with E-state index in [2.05, 4.69) is 34.4 Å². The summed E-state index contributed by atoms with van der Waals surface area (Å²) in [7, 11) is 1.81. The molecule has 1 aromatic rings. The van der Waals surface area contributed by atoms with E-state index in [0.717, 1.165) is 18.1 Å². The Balaban J connectivity index is 2.77. The summed E-state index contributed by atoms with van der Waals surface area (Å²) in [5, 5.41) is 15.3. The predicted molar refractivity (Wildman–Crippen MR) is 65.6 cm³/mol. The van der Waals surface area contributed by atoms with E-state index in [4.69, 9.17) is 5.11 Å². The maximum Gasteiger partial charge on any atom is 0.147 e. The monoisotopic (exact) mass is 224 g/mol. The number of rotatable bonds is 6. The maximum atomic E-state index is 9.02. The number of nitrogens with one attached hydrogen (secondary N) is 2. The van der Waals surface area contributed by atoms with Gasteiger partial charge < -0.3 is 15.7 Å². The minimum atomic E-state index is -0.143. The fourth-order valence-electron chi connectivity index (χ4n) is 1.43. The zero-order valence-electron chi connectivity index (χ0n) is 10.1. The van der Waals surface area contributed by atoms with Crippen LogP contribution >= 0.6 is 0 Å². The topological polar surface area (TPSA) is 70.1 Å². The van der Waals surface area contributed by atoms with Crippen molar-refractivity contribution in [3.63, 3.8) is 0 Å². The molecular formula is C11H20N4O. The Morgan fingerprint density at radius 3 is 2.62 bits per heavy atom. The second-order valence-electron chi connectivity index (χ2n) is 4.05. The Labute approximate surface area is 96.3 Å². The predicted octanol–water partition coefficient (Wildman–Crippen LogP) is 1.48. The van der Waals surface area contributed by atoms with Crippen molar-refractivity contribution in [3.8, 4) is 0 Å². The van der Waals surface area contributed by atoms with E-state index in [1.165, 1.54) is 0 Å². The van der Waals surface area contributed by atoms with Crippen molar-refractivity contribution >= 4 is 11.6 Å². The third kappa shape index (κ3) is 3.34. The highest BCUT2D eigenvalue weighted by Gasteiger charge is 2.21. The minimum Gasteiger partial charge on any atom is -0.396 e. The average molecular weight is 224 g/mol. The van der Waals surface area contributed by atoms with E-state index < -0.39 is 0 Å². The summed E-state index contributed by atoms with van der Waals surface area (Å²) in [4.78, 5) is 8.42. The molecule has 0 saturated heterocycles. The molecule has 1 unspecified atom stereocenters. The summed E-state index contributed by atoms with van der Waals surface area (Å²) >= 11 is 0. The minimum absolute atomic E-state index is 0.143. The molecule has 3 N–H and O–H groups in total. The van der Waals surface area contributed by atoms with Crippen LogP contribution in [-0.4, -0.2) is 34.3 Å². The molecule has 0 radical (unpaired) electrons. The molecule has 1 rings (SSSR count). The van der Waals surface area contributed by atoms with Crippen molar-refractivity contribution < 1.29 is 5.11 Å². The summed E-state index contributed by atoms with van der Waals surface area (Å²) in [5.41, 5.74) is -0.143. The molecule has 5 nitrogen and oxygen atoms in total. The number of aromatic nitrogens is 2. The standard InChI is InChI=1S/C11H20N4O/c1-4-11(2,5-6-16)15-10-8-13-7-9(12-3)14-10/h7-8,16H,4-6H2,1-3H3,(H2,12,14,15). The highest BCUT2D eigenvalue weighted by molar-refractivity contribution is 5.42. The summed E-state index contributed by atoms with van der Waals surface area (Å²) in [6.07, 6.45) is 4.96. The molecule has 5 heteroatoms. The van der Waals surface area contributed by atoms with Crippen LogP contribution in [0.15, 0.2) is 12.4 Å². The zero-order chi connectivity index (χ0) is 12.0. The lowest BCUT2D eigenvalue weighted by molar-refractivity contribution is 0.252. The summed E-state index contributed by atoms with van der Waals surface area (Å²) in [6, 6.07) is 0. The van der Waals surface area contributed by atoms with Crippen molar-refractivity contribution in [2.24, 2.45) is 0 Å². The molecule has 90 valence electrons. The SMILES string of the molecule is CCC(C)(CCO)Nc1cncc(NC)n1. The van der Waals surface area contributed by atoms with Gasteiger partial charge in [0, 0.05) is 19.2 Å². The van der Waals surface area contributed by atoms with E-state index >= 15 is 0 Å². The summed E-state index contributed by atoms with van der Waals surface area (Å²) in [5.74, 6) is 1.46. The molecule has 0 amide bonds. The first kappa shape index (κ1) is 12.7.